The van der Waals surface area contributed by atoms with Gasteiger partial charge in [-0.25, -0.2) is 0 Å². The molecule has 0 aliphatic carbocycles. The van der Waals surface area contributed by atoms with Gasteiger partial charge in [-0.2, -0.15) is 0 Å². The maximum atomic E-state index is 4.15. The van der Waals surface area contributed by atoms with Crippen molar-refractivity contribution in [2.75, 3.05) is 5.32 Å². The highest BCUT2D eigenvalue weighted by Gasteiger charge is 2.02. The highest BCUT2D eigenvalue weighted by atomic mass is 14.9. The van der Waals surface area contributed by atoms with Gasteiger partial charge in [0.2, 0.25) is 0 Å². The van der Waals surface area contributed by atoms with Crippen LogP contribution in [0.5, 0.6) is 0 Å². The van der Waals surface area contributed by atoms with Crippen LogP contribution in [0.3, 0.4) is 0 Å². The Hall–Kier alpha value is -2.09. The summed E-state index contributed by atoms with van der Waals surface area (Å²) in [6.07, 6.45) is 5.47. The fraction of sp³-hybridized carbons (Fsp3) is 0. The van der Waals surface area contributed by atoms with Gasteiger partial charge in [0.25, 0.3) is 0 Å². The second kappa shape index (κ2) is 3.24. The molecular weight excluding hydrogens is 184 g/mol. The highest BCUT2D eigenvalue weighted by molar-refractivity contribution is 5.97. The number of nitrogens with zero attached hydrogens (tertiary/aromatic N) is 1. The fourth-order valence-corrected chi connectivity index (χ4v) is 1.78. The molecule has 0 unspecified atom stereocenters. The number of hydrogen-bond acceptors (Lipinski definition) is 2. The van der Waals surface area contributed by atoms with Crippen LogP contribution in [0.4, 0.5) is 5.69 Å². The minimum Gasteiger partial charge on any atom is -0.360 e. The molecule has 0 saturated carbocycles. The van der Waals surface area contributed by atoms with E-state index in [-0.39, 0.29) is 0 Å². The van der Waals surface area contributed by atoms with Crippen LogP contribution in [0.2, 0.25) is 0 Å². The Bertz CT molecular complexity index is 568. The number of rotatable bonds is 0. The molecule has 2 aromatic rings. The van der Waals surface area contributed by atoms with Crippen LogP contribution in [0.25, 0.3) is 10.8 Å². The Balaban J connectivity index is 2.31. The summed E-state index contributed by atoms with van der Waals surface area (Å²) in [7, 11) is 0. The van der Waals surface area contributed by atoms with Crippen molar-refractivity contribution in [3.05, 3.63) is 54.4 Å². The molecule has 2 aromatic carbocycles. The smallest absolute Gasteiger partial charge is 0.0475 e. The van der Waals surface area contributed by atoms with E-state index < -0.39 is 0 Å². The minimum atomic E-state index is 1.10. The van der Waals surface area contributed by atoms with E-state index in [2.05, 4.69) is 40.6 Å². The van der Waals surface area contributed by atoms with Gasteiger partial charge in [0.05, 0.1) is 0 Å². The summed E-state index contributed by atoms with van der Waals surface area (Å²) in [4.78, 5) is 4.15. The third kappa shape index (κ3) is 1.40. The van der Waals surface area contributed by atoms with E-state index in [0.717, 1.165) is 11.3 Å². The van der Waals surface area contributed by atoms with Gasteiger partial charge in [0, 0.05) is 29.9 Å². The van der Waals surface area contributed by atoms with Gasteiger partial charge in [-0.3, -0.25) is 4.99 Å². The van der Waals surface area contributed by atoms with E-state index in [1.54, 1.807) is 6.20 Å². The number of aliphatic imine (C=N–C) groups is 1. The van der Waals surface area contributed by atoms with Gasteiger partial charge >= 0.3 is 0 Å². The molecule has 2 heteroatoms. The van der Waals surface area contributed by atoms with E-state index in [1.165, 1.54) is 10.8 Å². The molecule has 3 rings (SSSR count). The van der Waals surface area contributed by atoms with E-state index in [9.17, 15) is 0 Å². The zero-order chi connectivity index (χ0) is 10.1. The Labute approximate surface area is 88.0 Å². The first-order valence-corrected chi connectivity index (χ1v) is 4.91. The number of hydrogen-bond donors (Lipinski definition) is 1. The first-order valence-electron chi connectivity index (χ1n) is 4.91. The maximum Gasteiger partial charge on any atom is 0.0475 e. The van der Waals surface area contributed by atoms with Gasteiger partial charge < -0.3 is 5.32 Å². The molecule has 1 aliphatic rings. The molecule has 0 radical (unpaired) electrons. The average Bonchev–Trinajstić information content (AvgIpc) is 2.50. The molecule has 0 spiro atoms. The van der Waals surface area contributed by atoms with Crippen LogP contribution in [-0.4, -0.2) is 6.21 Å². The third-order valence-corrected chi connectivity index (χ3v) is 2.53. The number of anilines is 1. The second-order valence-electron chi connectivity index (χ2n) is 3.52. The van der Waals surface area contributed by atoms with E-state index in [0.29, 0.717) is 0 Å². The van der Waals surface area contributed by atoms with Crippen LogP contribution >= 0.6 is 0 Å². The Morgan fingerprint density at radius 2 is 1.80 bits per heavy atom. The molecule has 0 saturated heterocycles. The standard InChI is InChI=1S/C13H10N2/c1-2-4-11-8-13-12(7-10(11)3-1)9-14-5-6-15-13/h1-9,15H. The summed E-state index contributed by atoms with van der Waals surface area (Å²) in [5.74, 6) is 0. The monoisotopic (exact) mass is 194 g/mol. The molecule has 15 heavy (non-hydrogen) atoms. The number of nitrogens with one attached hydrogen (secondary N) is 1. The number of benzene rings is 2. The van der Waals surface area contributed by atoms with Crippen LogP contribution in [0.1, 0.15) is 5.56 Å². The lowest BCUT2D eigenvalue weighted by Gasteiger charge is -2.06. The lowest BCUT2D eigenvalue weighted by Crippen LogP contribution is -1.91. The average molecular weight is 194 g/mol. The van der Waals surface area contributed by atoms with Crippen LogP contribution in [0.15, 0.2) is 53.8 Å². The molecule has 0 aromatic heterocycles. The van der Waals surface area contributed by atoms with Gasteiger partial charge in [0.15, 0.2) is 0 Å². The molecule has 0 fully saturated rings. The van der Waals surface area contributed by atoms with Crippen molar-refractivity contribution < 1.29 is 0 Å². The lowest BCUT2D eigenvalue weighted by molar-refractivity contribution is 1.56. The quantitative estimate of drug-likeness (QED) is 0.684. The van der Waals surface area contributed by atoms with Gasteiger partial charge in [-0.05, 0) is 22.9 Å². The summed E-state index contributed by atoms with van der Waals surface area (Å²) in [6.45, 7) is 0. The molecule has 0 amide bonds. The zero-order valence-corrected chi connectivity index (χ0v) is 8.14. The third-order valence-electron chi connectivity index (χ3n) is 2.53. The molecule has 72 valence electrons. The normalized spacial score (nSPS) is 13.3. The second-order valence-corrected chi connectivity index (χ2v) is 3.52. The van der Waals surface area contributed by atoms with Crippen LogP contribution in [-0.2, 0) is 0 Å². The van der Waals surface area contributed by atoms with Crippen LogP contribution in [0, 0.1) is 0 Å². The molecule has 2 nitrogen and oxygen atoms in total. The Kier molecular flexibility index (Phi) is 1.78. The first kappa shape index (κ1) is 8.24. The van der Waals surface area contributed by atoms with E-state index >= 15 is 0 Å². The van der Waals surface area contributed by atoms with E-state index in [4.69, 9.17) is 0 Å². The van der Waals surface area contributed by atoms with Crippen molar-refractivity contribution >= 4 is 22.7 Å². The minimum absolute atomic E-state index is 1.10. The van der Waals surface area contributed by atoms with Crippen molar-refractivity contribution in [3.63, 3.8) is 0 Å². The number of fused-ring (bicyclic) bond motifs is 2. The summed E-state index contributed by atoms with van der Waals surface area (Å²) in [5.41, 5.74) is 2.23. The molecule has 0 atom stereocenters. The van der Waals surface area contributed by atoms with Crippen molar-refractivity contribution in [1.29, 1.82) is 0 Å². The Morgan fingerprint density at radius 3 is 2.67 bits per heavy atom. The lowest BCUT2D eigenvalue weighted by atomic mass is 10.1. The summed E-state index contributed by atoms with van der Waals surface area (Å²) in [5, 5.41) is 5.70. The topological polar surface area (TPSA) is 24.4 Å². The first-order chi connectivity index (χ1) is 7.43. The molecule has 0 bridgehead atoms. The summed E-state index contributed by atoms with van der Waals surface area (Å²) in [6, 6.07) is 12.6. The Morgan fingerprint density at radius 1 is 1.00 bits per heavy atom. The predicted molar refractivity (Wildman–Crippen MR) is 64.3 cm³/mol. The molecule has 1 heterocycles. The van der Waals surface area contributed by atoms with Crippen molar-refractivity contribution in [1.82, 2.24) is 0 Å². The largest absolute Gasteiger partial charge is 0.360 e. The van der Waals surface area contributed by atoms with Gasteiger partial charge in [-0.1, -0.05) is 24.3 Å². The van der Waals surface area contributed by atoms with Gasteiger partial charge in [-0.15, -0.1) is 0 Å². The summed E-state index contributed by atoms with van der Waals surface area (Å²) >= 11 is 0. The summed E-state index contributed by atoms with van der Waals surface area (Å²) < 4.78 is 0. The zero-order valence-electron chi connectivity index (χ0n) is 8.14. The molecule has 1 aliphatic heterocycles. The highest BCUT2D eigenvalue weighted by Crippen LogP contribution is 2.23. The van der Waals surface area contributed by atoms with Crippen molar-refractivity contribution in [3.8, 4) is 0 Å². The van der Waals surface area contributed by atoms with Crippen LogP contribution < -0.4 is 5.32 Å². The SMILES string of the molecule is C1=CNc2cc3ccccc3cc2C=N1. The van der Waals surface area contributed by atoms with Crippen molar-refractivity contribution in [2.24, 2.45) is 4.99 Å². The maximum absolute atomic E-state index is 4.15. The predicted octanol–water partition coefficient (Wildman–Crippen LogP) is 3.16. The fourth-order valence-electron chi connectivity index (χ4n) is 1.78. The van der Waals surface area contributed by atoms with E-state index in [1.807, 2.05) is 18.5 Å². The molecule has 1 N–H and O–H groups in total. The molecular formula is C13H10N2. The van der Waals surface area contributed by atoms with Gasteiger partial charge in [0.1, 0.15) is 0 Å². The van der Waals surface area contributed by atoms with Crippen molar-refractivity contribution in [2.45, 2.75) is 0 Å².